The second-order valence-electron chi connectivity index (χ2n) is 7.54. The molecule has 0 radical (unpaired) electrons. The molecular formula is C25H26FNO7. The second kappa shape index (κ2) is 12.1. The van der Waals surface area contributed by atoms with Crippen molar-refractivity contribution in [2.24, 2.45) is 0 Å². The van der Waals surface area contributed by atoms with Gasteiger partial charge in [-0.15, -0.1) is 6.58 Å². The molecule has 0 saturated carbocycles. The summed E-state index contributed by atoms with van der Waals surface area (Å²) in [4.78, 5) is 36.8. The molecule has 1 amide bonds. The number of carbonyl (C=O) groups is 3. The fourth-order valence-electron chi connectivity index (χ4n) is 3.44. The summed E-state index contributed by atoms with van der Waals surface area (Å²) in [6.45, 7) is 4.36. The van der Waals surface area contributed by atoms with E-state index in [1.54, 1.807) is 48.5 Å². The van der Waals surface area contributed by atoms with Gasteiger partial charge in [0.1, 0.15) is 18.8 Å². The lowest BCUT2D eigenvalue weighted by Gasteiger charge is -2.42. The van der Waals surface area contributed by atoms with E-state index in [2.05, 4.69) is 11.9 Å². The van der Waals surface area contributed by atoms with Gasteiger partial charge in [0.2, 0.25) is 5.91 Å². The SMILES string of the molecule is C=CCO[C@H]1O[C@H](COC(=O)c2ccccc2)[C@@H](F)[C@H](OC(=O)c2ccccc2)[C@H]1NC(C)=O. The van der Waals surface area contributed by atoms with E-state index in [0.29, 0.717) is 0 Å². The highest BCUT2D eigenvalue weighted by molar-refractivity contribution is 5.90. The molecule has 180 valence electrons. The van der Waals surface area contributed by atoms with Crippen LogP contribution in [0.25, 0.3) is 0 Å². The quantitative estimate of drug-likeness (QED) is 0.443. The minimum atomic E-state index is -1.93. The maximum Gasteiger partial charge on any atom is 0.338 e. The van der Waals surface area contributed by atoms with Crippen LogP contribution >= 0.6 is 0 Å². The molecule has 1 aliphatic rings. The van der Waals surface area contributed by atoms with Crippen molar-refractivity contribution in [3.63, 3.8) is 0 Å². The molecule has 34 heavy (non-hydrogen) atoms. The Morgan fingerprint density at radius 2 is 1.62 bits per heavy atom. The van der Waals surface area contributed by atoms with Crippen LogP contribution in [0.2, 0.25) is 0 Å². The monoisotopic (exact) mass is 471 g/mol. The molecule has 0 bridgehead atoms. The molecule has 1 aliphatic heterocycles. The Bertz CT molecular complexity index is 985. The second-order valence-corrected chi connectivity index (χ2v) is 7.54. The number of nitrogens with one attached hydrogen (secondary N) is 1. The first-order valence-corrected chi connectivity index (χ1v) is 10.7. The zero-order valence-corrected chi connectivity index (χ0v) is 18.6. The summed E-state index contributed by atoms with van der Waals surface area (Å²) in [5, 5.41) is 2.54. The lowest BCUT2D eigenvalue weighted by atomic mass is 9.97. The van der Waals surface area contributed by atoms with E-state index in [1.165, 1.54) is 25.1 Å². The van der Waals surface area contributed by atoms with Gasteiger partial charge in [0.05, 0.1) is 17.7 Å². The van der Waals surface area contributed by atoms with Crippen molar-refractivity contribution >= 4 is 17.8 Å². The van der Waals surface area contributed by atoms with E-state index in [1.807, 2.05) is 0 Å². The van der Waals surface area contributed by atoms with Crippen molar-refractivity contribution in [1.82, 2.24) is 5.32 Å². The number of hydrogen-bond acceptors (Lipinski definition) is 7. The third kappa shape index (κ3) is 6.49. The predicted molar refractivity (Wildman–Crippen MR) is 120 cm³/mol. The molecule has 0 aromatic heterocycles. The number of ether oxygens (including phenoxy) is 4. The molecule has 1 N–H and O–H groups in total. The molecule has 1 fully saturated rings. The smallest absolute Gasteiger partial charge is 0.338 e. The maximum absolute atomic E-state index is 15.6. The fourth-order valence-corrected chi connectivity index (χ4v) is 3.44. The van der Waals surface area contributed by atoms with Crippen LogP contribution < -0.4 is 5.32 Å². The fraction of sp³-hybridized carbons (Fsp3) is 0.320. The van der Waals surface area contributed by atoms with Crippen molar-refractivity contribution in [2.45, 2.75) is 37.6 Å². The number of rotatable bonds is 9. The Hall–Kier alpha value is -3.56. The van der Waals surface area contributed by atoms with Crippen LogP contribution in [0.5, 0.6) is 0 Å². The highest BCUT2D eigenvalue weighted by Gasteiger charge is 2.50. The maximum atomic E-state index is 15.6. The topological polar surface area (TPSA) is 100 Å². The van der Waals surface area contributed by atoms with Crippen molar-refractivity contribution in [1.29, 1.82) is 0 Å². The van der Waals surface area contributed by atoms with Gasteiger partial charge >= 0.3 is 11.9 Å². The molecule has 2 aromatic carbocycles. The van der Waals surface area contributed by atoms with Gasteiger partial charge in [0.15, 0.2) is 18.6 Å². The van der Waals surface area contributed by atoms with Crippen LogP contribution in [0.3, 0.4) is 0 Å². The van der Waals surface area contributed by atoms with Crippen LogP contribution in [-0.2, 0) is 23.7 Å². The highest BCUT2D eigenvalue weighted by atomic mass is 19.1. The standard InChI is InChI=1S/C25H26FNO7/c1-3-14-31-25-21(27-16(2)28)22(34-24(30)18-12-8-5-9-13-18)20(26)19(33-25)15-32-23(29)17-10-6-4-7-11-17/h3-13,19-22,25H,1,14-15H2,2H3,(H,27,28)/t19-,20-,21-,22+,25+/m1/s1. The average Bonchev–Trinajstić information content (AvgIpc) is 2.85. The first-order valence-electron chi connectivity index (χ1n) is 10.7. The lowest BCUT2D eigenvalue weighted by molar-refractivity contribution is -0.254. The molecule has 3 rings (SSSR count). The Morgan fingerprint density at radius 1 is 1.03 bits per heavy atom. The summed E-state index contributed by atoms with van der Waals surface area (Å²) in [5.74, 6) is -1.95. The van der Waals surface area contributed by atoms with E-state index in [9.17, 15) is 14.4 Å². The van der Waals surface area contributed by atoms with Crippen LogP contribution in [0.4, 0.5) is 4.39 Å². The third-order valence-corrected chi connectivity index (χ3v) is 5.01. The van der Waals surface area contributed by atoms with E-state index in [0.717, 1.165) is 0 Å². The molecule has 1 heterocycles. The summed E-state index contributed by atoms with van der Waals surface area (Å²) in [5.41, 5.74) is 0.495. The van der Waals surface area contributed by atoms with E-state index in [4.69, 9.17) is 18.9 Å². The van der Waals surface area contributed by atoms with Crippen LogP contribution in [0.15, 0.2) is 73.3 Å². The first kappa shape index (κ1) is 25.1. The number of hydrogen-bond donors (Lipinski definition) is 1. The molecule has 2 aromatic rings. The molecular weight excluding hydrogens is 445 g/mol. The molecule has 0 spiro atoms. The number of alkyl halides is 1. The summed E-state index contributed by atoms with van der Waals surface area (Å²) in [7, 11) is 0. The Labute approximate surface area is 196 Å². The van der Waals surface area contributed by atoms with Gasteiger partial charge in [0.25, 0.3) is 0 Å². The molecule has 0 unspecified atom stereocenters. The van der Waals surface area contributed by atoms with Crippen LogP contribution in [-0.4, -0.2) is 61.8 Å². The minimum absolute atomic E-state index is 0.0214. The van der Waals surface area contributed by atoms with Gasteiger partial charge in [-0.1, -0.05) is 42.5 Å². The van der Waals surface area contributed by atoms with Gasteiger partial charge in [0, 0.05) is 6.92 Å². The average molecular weight is 471 g/mol. The number of benzene rings is 2. The molecule has 8 nitrogen and oxygen atoms in total. The zero-order chi connectivity index (χ0) is 24.5. The van der Waals surface area contributed by atoms with Crippen LogP contribution in [0, 0.1) is 0 Å². The number of halogens is 1. The molecule has 0 aliphatic carbocycles. The van der Waals surface area contributed by atoms with Gasteiger partial charge in [-0.3, -0.25) is 4.79 Å². The van der Waals surface area contributed by atoms with Gasteiger partial charge in [-0.2, -0.15) is 0 Å². The Morgan fingerprint density at radius 3 is 2.18 bits per heavy atom. The van der Waals surface area contributed by atoms with Crippen molar-refractivity contribution in [3.05, 3.63) is 84.4 Å². The van der Waals surface area contributed by atoms with E-state index >= 15 is 4.39 Å². The zero-order valence-electron chi connectivity index (χ0n) is 18.6. The molecule has 9 heteroatoms. The summed E-state index contributed by atoms with van der Waals surface area (Å²) < 4.78 is 37.6. The van der Waals surface area contributed by atoms with E-state index < -0.39 is 55.2 Å². The summed E-state index contributed by atoms with van der Waals surface area (Å²) >= 11 is 0. The number of carbonyl (C=O) groups excluding carboxylic acids is 3. The Kier molecular flexibility index (Phi) is 8.89. The van der Waals surface area contributed by atoms with Gasteiger partial charge in [-0.25, -0.2) is 14.0 Å². The highest BCUT2D eigenvalue weighted by Crippen LogP contribution is 2.28. The van der Waals surface area contributed by atoms with Crippen LogP contribution in [0.1, 0.15) is 27.6 Å². The predicted octanol–water partition coefficient (Wildman–Crippen LogP) is 2.84. The molecule has 1 saturated heterocycles. The number of amides is 1. The Balaban J connectivity index is 1.81. The number of esters is 2. The summed E-state index contributed by atoms with van der Waals surface area (Å²) in [6, 6.07) is 15.1. The van der Waals surface area contributed by atoms with Crippen molar-refractivity contribution < 1.29 is 37.7 Å². The lowest BCUT2D eigenvalue weighted by Crippen LogP contribution is -2.64. The van der Waals surface area contributed by atoms with E-state index in [-0.39, 0.29) is 17.7 Å². The summed E-state index contributed by atoms with van der Waals surface area (Å²) in [6.07, 6.45) is -4.47. The largest absolute Gasteiger partial charge is 0.459 e. The minimum Gasteiger partial charge on any atom is -0.459 e. The van der Waals surface area contributed by atoms with Gasteiger partial charge in [-0.05, 0) is 24.3 Å². The molecule has 5 atom stereocenters. The first-order chi connectivity index (χ1) is 16.4. The van der Waals surface area contributed by atoms with Crippen molar-refractivity contribution in [2.75, 3.05) is 13.2 Å². The third-order valence-electron chi connectivity index (χ3n) is 5.01. The normalized spacial score (nSPS) is 24.0. The van der Waals surface area contributed by atoms with Gasteiger partial charge < -0.3 is 24.3 Å². The van der Waals surface area contributed by atoms with Crippen molar-refractivity contribution in [3.8, 4) is 0 Å².